The van der Waals surface area contributed by atoms with Gasteiger partial charge < -0.3 is 4.98 Å². The molecule has 0 radical (unpaired) electrons. The number of rotatable bonds is 7. The summed E-state index contributed by atoms with van der Waals surface area (Å²) >= 11 is 6.18. The molecule has 0 aliphatic heterocycles. The molecule has 2 aromatic carbocycles. The molecule has 1 heterocycles. The summed E-state index contributed by atoms with van der Waals surface area (Å²) < 4.78 is 28.1. The van der Waals surface area contributed by atoms with Crippen LogP contribution < -0.4 is 4.31 Å². The van der Waals surface area contributed by atoms with Gasteiger partial charge in [0.05, 0.1) is 10.6 Å². The van der Waals surface area contributed by atoms with Crippen LogP contribution in [0.5, 0.6) is 0 Å². The van der Waals surface area contributed by atoms with E-state index in [1.807, 2.05) is 6.92 Å². The predicted octanol–water partition coefficient (Wildman–Crippen LogP) is 4.43. The summed E-state index contributed by atoms with van der Waals surface area (Å²) in [5.74, 6) is 1.12. The number of benzene rings is 2. The van der Waals surface area contributed by atoms with Crippen LogP contribution in [0.1, 0.15) is 25.6 Å². The van der Waals surface area contributed by atoms with Crippen LogP contribution in [-0.4, -0.2) is 30.1 Å². The number of hydrogen-bond donors (Lipinski definition) is 1. The predicted molar refractivity (Wildman–Crippen MR) is 107 cm³/mol. The summed E-state index contributed by atoms with van der Waals surface area (Å²) in [4.78, 5) is 3.31. The Hall–Kier alpha value is -2.38. The van der Waals surface area contributed by atoms with Crippen LogP contribution in [0, 0.1) is 6.92 Å². The largest absolute Gasteiger partial charge is 0.325 e. The van der Waals surface area contributed by atoms with Gasteiger partial charge in [-0.25, -0.2) is 8.42 Å². The summed E-state index contributed by atoms with van der Waals surface area (Å²) in [6.07, 6.45) is 1.59. The number of aromatic nitrogens is 3. The molecule has 0 amide bonds. The van der Waals surface area contributed by atoms with Gasteiger partial charge in [-0.2, -0.15) is 0 Å². The zero-order chi connectivity index (χ0) is 19.4. The minimum absolute atomic E-state index is 0.246. The number of aryl methyl sites for hydroxylation is 1. The molecule has 0 spiro atoms. The highest BCUT2D eigenvalue weighted by molar-refractivity contribution is 7.92. The van der Waals surface area contributed by atoms with E-state index in [1.54, 1.807) is 55.5 Å². The SMILES string of the molecule is CCCCN(c1ccc(Cl)cc1-c1nnc(C)[nH]1)S(=O)(=O)c1ccccc1. The van der Waals surface area contributed by atoms with E-state index < -0.39 is 10.0 Å². The highest BCUT2D eigenvalue weighted by atomic mass is 35.5. The van der Waals surface area contributed by atoms with Gasteiger partial charge in [-0.15, -0.1) is 10.2 Å². The fourth-order valence-corrected chi connectivity index (χ4v) is 4.49. The lowest BCUT2D eigenvalue weighted by molar-refractivity contribution is 0.588. The number of H-pyrrole nitrogens is 1. The van der Waals surface area contributed by atoms with Gasteiger partial charge in [0.25, 0.3) is 10.0 Å². The van der Waals surface area contributed by atoms with Crippen LogP contribution in [0.25, 0.3) is 11.4 Å². The van der Waals surface area contributed by atoms with Gasteiger partial charge in [0, 0.05) is 17.1 Å². The third kappa shape index (κ3) is 4.14. The van der Waals surface area contributed by atoms with Crippen molar-refractivity contribution in [2.75, 3.05) is 10.8 Å². The van der Waals surface area contributed by atoms with E-state index >= 15 is 0 Å². The Kier molecular flexibility index (Phi) is 5.82. The first-order valence-electron chi connectivity index (χ1n) is 8.70. The molecule has 0 saturated heterocycles. The van der Waals surface area contributed by atoms with Crippen molar-refractivity contribution < 1.29 is 8.42 Å². The quantitative estimate of drug-likeness (QED) is 0.631. The van der Waals surface area contributed by atoms with Gasteiger partial charge in [-0.3, -0.25) is 4.31 Å². The van der Waals surface area contributed by atoms with E-state index in [2.05, 4.69) is 15.2 Å². The zero-order valence-electron chi connectivity index (χ0n) is 15.2. The van der Waals surface area contributed by atoms with Gasteiger partial charge in [0.15, 0.2) is 5.82 Å². The Morgan fingerprint density at radius 1 is 1.11 bits per heavy atom. The number of nitrogens with one attached hydrogen (secondary N) is 1. The van der Waals surface area contributed by atoms with E-state index in [1.165, 1.54) is 4.31 Å². The first-order valence-corrected chi connectivity index (χ1v) is 10.5. The molecule has 0 aliphatic carbocycles. The Morgan fingerprint density at radius 3 is 2.48 bits per heavy atom. The molecule has 3 rings (SSSR count). The summed E-state index contributed by atoms with van der Waals surface area (Å²) in [6.45, 7) is 4.17. The summed E-state index contributed by atoms with van der Waals surface area (Å²) in [5.41, 5.74) is 1.12. The van der Waals surface area contributed by atoms with Crippen LogP contribution in [0.3, 0.4) is 0 Å². The highest BCUT2D eigenvalue weighted by Crippen LogP contribution is 2.35. The molecule has 0 saturated carbocycles. The fourth-order valence-electron chi connectivity index (χ4n) is 2.77. The third-order valence-electron chi connectivity index (χ3n) is 4.13. The molecule has 27 heavy (non-hydrogen) atoms. The van der Waals surface area contributed by atoms with Crippen LogP contribution in [0.4, 0.5) is 5.69 Å². The van der Waals surface area contributed by atoms with Gasteiger partial charge in [-0.05, 0) is 43.7 Å². The van der Waals surface area contributed by atoms with Gasteiger partial charge in [0.1, 0.15) is 5.82 Å². The lowest BCUT2D eigenvalue weighted by Crippen LogP contribution is -2.32. The van der Waals surface area contributed by atoms with Crippen molar-refractivity contribution in [1.82, 2.24) is 15.2 Å². The van der Waals surface area contributed by atoms with Crippen molar-refractivity contribution in [1.29, 1.82) is 0 Å². The molecule has 0 bridgehead atoms. The second-order valence-corrected chi connectivity index (χ2v) is 8.46. The normalized spacial score (nSPS) is 11.5. The number of nitrogens with zero attached hydrogens (tertiary/aromatic N) is 3. The number of sulfonamides is 1. The Labute approximate surface area is 164 Å². The molecular formula is C19H21ClN4O2S. The van der Waals surface area contributed by atoms with Crippen molar-refractivity contribution in [3.8, 4) is 11.4 Å². The molecule has 0 unspecified atom stereocenters. The lowest BCUT2D eigenvalue weighted by Gasteiger charge is -2.26. The zero-order valence-corrected chi connectivity index (χ0v) is 16.8. The first kappa shape index (κ1) is 19.4. The standard InChI is InChI=1S/C19H21ClN4O2S/c1-3-4-12-24(27(25,26)16-8-6-5-7-9-16)18-11-10-15(20)13-17(18)19-21-14(2)22-23-19/h5-11,13H,3-4,12H2,1-2H3,(H,21,22,23). The molecule has 142 valence electrons. The average molecular weight is 405 g/mol. The second-order valence-electron chi connectivity index (χ2n) is 6.16. The third-order valence-corrected chi connectivity index (χ3v) is 6.19. The first-order chi connectivity index (χ1) is 12.9. The summed E-state index contributed by atoms with van der Waals surface area (Å²) in [6, 6.07) is 13.5. The van der Waals surface area contributed by atoms with Crippen LogP contribution in [0.2, 0.25) is 5.02 Å². The second kappa shape index (κ2) is 8.10. The molecule has 8 heteroatoms. The van der Waals surface area contributed by atoms with Crippen molar-refractivity contribution in [2.24, 2.45) is 0 Å². The van der Waals surface area contributed by atoms with Gasteiger partial charge in [0.2, 0.25) is 0 Å². The Balaban J connectivity index is 2.17. The molecular weight excluding hydrogens is 384 g/mol. The monoisotopic (exact) mass is 404 g/mol. The molecule has 0 aliphatic rings. The number of unbranched alkanes of at least 4 members (excludes halogenated alkanes) is 1. The van der Waals surface area contributed by atoms with Crippen molar-refractivity contribution in [3.63, 3.8) is 0 Å². The topological polar surface area (TPSA) is 79.0 Å². The number of hydrogen-bond acceptors (Lipinski definition) is 4. The maximum atomic E-state index is 13.4. The molecule has 1 aromatic heterocycles. The number of aromatic amines is 1. The van der Waals surface area contributed by atoms with Crippen molar-refractivity contribution >= 4 is 27.3 Å². The van der Waals surface area contributed by atoms with E-state index in [4.69, 9.17) is 11.6 Å². The maximum absolute atomic E-state index is 13.4. The highest BCUT2D eigenvalue weighted by Gasteiger charge is 2.27. The number of halogens is 1. The molecule has 0 atom stereocenters. The Morgan fingerprint density at radius 2 is 1.85 bits per heavy atom. The minimum atomic E-state index is -3.73. The molecule has 0 fully saturated rings. The van der Waals surface area contributed by atoms with E-state index in [-0.39, 0.29) is 4.90 Å². The fraction of sp³-hybridized carbons (Fsp3) is 0.263. The van der Waals surface area contributed by atoms with Gasteiger partial charge >= 0.3 is 0 Å². The average Bonchev–Trinajstić information content (AvgIpc) is 3.10. The van der Waals surface area contributed by atoms with E-state index in [9.17, 15) is 8.42 Å². The molecule has 1 N–H and O–H groups in total. The van der Waals surface area contributed by atoms with E-state index in [0.717, 1.165) is 12.8 Å². The number of anilines is 1. The minimum Gasteiger partial charge on any atom is -0.325 e. The van der Waals surface area contributed by atoms with Crippen molar-refractivity contribution in [3.05, 3.63) is 59.4 Å². The van der Waals surface area contributed by atoms with Crippen LogP contribution in [-0.2, 0) is 10.0 Å². The van der Waals surface area contributed by atoms with Crippen LogP contribution >= 0.6 is 11.6 Å². The lowest BCUT2D eigenvalue weighted by atomic mass is 10.1. The molecule has 3 aromatic rings. The maximum Gasteiger partial charge on any atom is 0.264 e. The van der Waals surface area contributed by atoms with E-state index in [0.29, 0.717) is 34.5 Å². The summed E-state index contributed by atoms with van der Waals surface area (Å²) in [5, 5.41) is 8.60. The Bertz CT molecular complexity index is 1020. The molecule has 6 nitrogen and oxygen atoms in total. The van der Waals surface area contributed by atoms with Crippen molar-refractivity contribution in [2.45, 2.75) is 31.6 Å². The van der Waals surface area contributed by atoms with Gasteiger partial charge in [-0.1, -0.05) is 43.1 Å². The smallest absolute Gasteiger partial charge is 0.264 e. The van der Waals surface area contributed by atoms with Crippen LogP contribution in [0.15, 0.2) is 53.4 Å². The summed E-state index contributed by atoms with van der Waals surface area (Å²) in [7, 11) is -3.73.